The van der Waals surface area contributed by atoms with Gasteiger partial charge in [0, 0.05) is 6.08 Å². The molecular weight excluding hydrogens is 340 g/mol. The molecule has 1 rings (SSSR count). The van der Waals surface area contributed by atoms with Gasteiger partial charge >= 0.3 is 11.9 Å². The van der Waals surface area contributed by atoms with E-state index in [2.05, 4.69) is 45.6 Å². The minimum atomic E-state index is -0.502. The minimum absolute atomic E-state index is 0.0731. The molecular formula is C23H34O4. The molecule has 0 amide bonds. The predicted molar refractivity (Wildman–Crippen MR) is 109 cm³/mol. The highest BCUT2D eigenvalue weighted by molar-refractivity contribution is 5.81. The molecule has 0 N–H and O–H groups in total. The van der Waals surface area contributed by atoms with E-state index < -0.39 is 5.97 Å². The van der Waals surface area contributed by atoms with Crippen molar-refractivity contribution in [2.45, 2.75) is 65.7 Å². The van der Waals surface area contributed by atoms with Crippen LogP contribution in [0.3, 0.4) is 0 Å². The topological polar surface area (TPSA) is 52.6 Å². The Labute approximate surface area is 164 Å². The molecule has 0 fully saturated rings. The average Bonchev–Trinajstić information content (AvgIpc) is 2.65. The second kappa shape index (κ2) is 13.1. The van der Waals surface area contributed by atoms with Crippen LogP contribution < -0.4 is 0 Å². The zero-order valence-electron chi connectivity index (χ0n) is 17.1. The zero-order valence-corrected chi connectivity index (χ0v) is 17.1. The largest absolute Gasteiger partial charge is 0.462 e. The molecule has 1 unspecified atom stereocenters. The van der Waals surface area contributed by atoms with Gasteiger partial charge in [-0.25, -0.2) is 4.79 Å². The molecule has 27 heavy (non-hydrogen) atoms. The van der Waals surface area contributed by atoms with E-state index >= 15 is 0 Å². The van der Waals surface area contributed by atoms with Gasteiger partial charge in [0.05, 0.1) is 5.92 Å². The van der Waals surface area contributed by atoms with Gasteiger partial charge in [0.25, 0.3) is 0 Å². The van der Waals surface area contributed by atoms with Gasteiger partial charge < -0.3 is 9.47 Å². The zero-order chi connectivity index (χ0) is 20.1. The Kier molecular flexibility index (Phi) is 11.2. The monoisotopic (exact) mass is 374 g/mol. The molecule has 0 spiro atoms. The van der Waals surface area contributed by atoms with E-state index in [1.165, 1.54) is 16.7 Å². The average molecular weight is 375 g/mol. The summed E-state index contributed by atoms with van der Waals surface area (Å²) in [6, 6.07) is 0. The summed E-state index contributed by atoms with van der Waals surface area (Å²) in [7, 11) is 0. The Morgan fingerprint density at radius 3 is 2.52 bits per heavy atom. The molecule has 150 valence electrons. The quantitative estimate of drug-likeness (QED) is 0.209. The van der Waals surface area contributed by atoms with Gasteiger partial charge in [-0.1, -0.05) is 41.5 Å². The van der Waals surface area contributed by atoms with Gasteiger partial charge in [0.1, 0.15) is 13.2 Å². The number of rotatable bonds is 11. The van der Waals surface area contributed by atoms with Crippen molar-refractivity contribution in [3.05, 3.63) is 47.6 Å². The van der Waals surface area contributed by atoms with Crippen molar-refractivity contribution in [3.63, 3.8) is 0 Å². The number of hydrogen-bond donors (Lipinski definition) is 0. The van der Waals surface area contributed by atoms with Gasteiger partial charge in [0.15, 0.2) is 0 Å². The predicted octanol–water partition coefficient (Wildman–Crippen LogP) is 5.46. The van der Waals surface area contributed by atoms with Gasteiger partial charge in [-0.05, 0) is 65.7 Å². The van der Waals surface area contributed by atoms with Gasteiger partial charge in [0.2, 0.25) is 0 Å². The van der Waals surface area contributed by atoms with E-state index in [4.69, 9.17) is 9.47 Å². The second-order valence-corrected chi connectivity index (χ2v) is 7.28. The molecule has 0 aromatic carbocycles. The molecule has 0 aliphatic heterocycles. The molecule has 0 bridgehead atoms. The number of ether oxygens (including phenoxy) is 2. The lowest BCUT2D eigenvalue weighted by Gasteiger charge is -2.20. The highest BCUT2D eigenvalue weighted by Crippen LogP contribution is 2.27. The van der Waals surface area contributed by atoms with Crippen molar-refractivity contribution in [3.8, 4) is 0 Å². The van der Waals surface area contributed by atoms with Crippen LogP contribution in [0.5, 0.6) is 0 Å². The SMILES string of the molecule is C=CC(=O)OCCOC(=O)C1CC=C(CC/C=C(\C)CCC=C(C)C)CC1. The molecule has 0 aromatic heterocycles. The second-order valence-electron chi connectivity index (χ2n) is 7.28. The van der Waals surface area contributed by atoms with Crippen LogP contribution in [0.1, 0.15) is 65.7 Å². The fraction of sp³-hybridized carbons (Fsp3) is 0.565. The van der Waals surface area contributed by atoms with Crippen LogP contribution >= 0.6 is 0 Å². The van der Waals surface area contributed by atoms with E-state index in [1.54, 1.807) is 0 Å². The first-order chi connectivity index (χ1) is 12.9. The molecule has 4 heteroatoms. The first kappa shape index (κ1) is 22.9. The normalized spacial score (nSPS) is 16.9. The first-order valence-electron chi connectivity index (χ1n) is 9.85. The molecule has 1 atom stereocenters. The lowest BCUT2D eigenvalue weighted by molar-refractivity contribution is -0.153. The molecule has 0 saturated carbocycles. The Morgan fingerprint density at radius 1 is 1.15 bits per heavy atom. The Bertz CT molecular complexity index is 591. The summed E-state index contributed by atoms with van der Waals surface area (Å²) in [5.74, 6) is -0.780. The number of carbonyl (C=O) groups is 2. The van der Waals surface area contributed by atoms with Crippen molar-refractivity contribution in [2.75, 3.05) is 13.2 Å². The van der Waals surface area contributed by atoms with Crippen LogP contribution in [0.4, 0.5) is 0 Å². The van der Waals surface area contributed by atoms with Crippen LogP contribution in [0, 0.1) is 5.92 Å². The molecule has 0 radical (unpaired) electrons. The summed E-state index contributed by atoms with van der Waals surface area (Å²) in [5.41, 5.74) is 4.26. The van der Waals surface area contributed by atoms with Crippen molar-refractivity contribution < 1.29 is 19.1 Å². The van der Waals surface area contributed by atoms with Crippen molar-refractivity contribution in [1.82, 2.24) is 0 Å². The van der Waals surface area contributed by atoms with E-state index in [-0.39, 0.29) is 25.1 Å². The highest BCUT2D eigenvalue weighted by Gasteiger charge is 2.22. The first-order valence-corrected chi connectivity index (χ1v) is 9.85. The number of hydrogen-bond acceptors (Lipinski definition) is 4. The molecule has 0 aromatic rings. The van der Waals surface area contributed by atoms with E-state index in [9.17, 15) is 9.59 Å². The Balaban J connectivity index is 2.24. The third kappa shape index (κ3) is 10.6. The van der Waals surface area contributed by atoms with Crippen LogP contribution in [0.15, 0.2) is 47.6 Å². The lowest BCUT2D eigenvalue weighted by Crippen LogP contribution is -2.22. The third-order valence-electron chi connectivity index (χ3n) is 4.63. The van der Waals surface area contributed by atoms with Crippen molar-refractivity contribution in [2.24, 2.45) is 5.92 Å². The van der Waals surface area contributed by atoms with Crippen molar-refractivity contribution in [1.29, 1.82) is 0 Å². The molecule has 0 heterocycles. The van der Waals surface area contributed by atoms with Crippen LogP contribution in [0.25, 0.3) is 0 Å². The maximum Gasteiger partial charge on any atom is 0.330 e. The van der Waals surface area contributed by atoms with Gasteiger partial charge in [-0.2, -0.15) is 0 Å². The maximum atomic E-state index is 12.0. The van der Waals surface area contributed by atoms with E-state index in [1.807, 2.05) is 0 Å². The molecule has 4 nitrogen and oxygen atoms in total. The maximum absolute atomic E-state index is 12.0. The summed E-state index contributed by atoms with van der Waals surface area (Å²) in [6.45, 7) is 9.95. The van der Waals surface area contributed by atoms with Crippen LogP contribution in [0.2, 0.25) is 0 Å². The Hall–Kier alpha value is -2.10. The summed E-state index contributed by atoms with van der Waals surface area (Å²) in [4.78, 5) is 23.0. The van der Waals surface area contributed by atoms with Crippen LogP contribution in [-0.2, 0) is 19.1 Å². The molecule has 0 saturated heterocycles. The highest BCUT2D eigenvalue weighted by atomic mass is 16.6. The van der Waals surface area contributed by atoms with E-state index in [0.29, 0.717) is 0 Å². The smallest absolute Gasteiger partial charge is 0.330 e. The summed E-state index contributed by atoms with van der Waals surface area (Å²) < 4.78 is 9.98. The fourth-order valence-electron chi connectivity index (χ4n) is 2.99. The van der Waals surface area contributed by atoms with Crippen molar-refractivity contribution >= 4 is 11.9 Å². The summed E-state index contributed by atoms with van der Waals surface area (Å²) in [5, 5.41) is 0. The van der Waals surface area contributed by atoms with Gasteiger partial charge in [-0.15, -0.1) is 0 Å². The lowest BCUT2D eigenvalue weighted by atomic mass is 9.87. The standard InChI is InChI=1S/C23H34O4/c1-5-22(24)26-16-17-27-23(25)21-14-12-20(13-15-21)11-7-10-19(4)9-6-8-18(2)3/h5,8,10,12,21H,1,6-7,9,11,13-17H2,2-4H3/b19-10+. The number of esters is 2. The number of carbonyl (C=O) groups excluding carboxylic acids is 2. The summed E-state index contributed by atoms with van der Waals surface area (Å²) >= 11 is 0. The minimum Gasteiger partial charge on any atom is -0.462 e. The summed E-state index contributed by atoms with van der Waals surface area (Å²) in [6.07, 6.45) is 14.8. The third-order valence-corrected chi connectivity index (χ3v) is 4.63. The number of allylic oxidation sites excluding steroid dienone is 6. The van der Waals surface area contributed by atoms with Crippen LogP contribution in [-0.4, -0.2) is 25.2 Å². The molecule has 1 aliphatic carbocycles. The van der Waals surface area contributed by atoms with E-state index in [0.717, 1.165) is 51.0 Å². The Morgan fingerprint density at radius 2 is 1.89 bits per heavy atom. The van der Waals surface area contributed by atoms with Gasteiger partial charge in [-0.3, -0.25) is 4.79 Å². The molecule has 1 aliphatic rings. The fourth-order valence-corrected chi connectivity index (χ4v) is 2.99.